The van der Waals surface area contributed by atoms with Crippen LogP contribution in [0.25, 0.3) is 0 Å². The molecule has 1 atom stereocenters. The Kier molecular flexibility index (Phi) is 4.80. The number of halogens is 1. The Morgan fingerprint density at radius 1 is 1.67 bits per heavy atom. The first-order chi connectivity index (χ1) is 8.70. The average Bonchev–Trinajstić information content (AvgIpc) is 2.99. The normalized spacial score (nSPS) is 18.8. The van der Waals surface area contributed by atoms with Crippen LogP contribution in [0.15, 0.2) is 24.8 Å². The predicted octanol–water partition coefficient (Wildman–Crippen LogP) is 2.67. The summed E-state index contributed by atoms with van der Waals surface area (Å²) in [5.41, 5.74) is 0. The molecule has 3 nitrogen and oxygen atoms in total. The van der Waals surface area contributed by atoms with Crippen LogP contribution >= 0.6 is 22.9 Å². The van der Waals surface area contributed by atoms with Crippen LogP contribution in [-0.4, -0.2) is 29.9 Å². The number of nitrogens with one attached hydrogen (secondary N) is 1. The Morgan fingerprint density at radius 2 is 2.50 bits per heavy atom. The third-order valence-corrected chi connectivity index (χ3v) is 4.21. The Bertz CT molecular complexity index is 426. The summed E-state index contributed by atoms with van der Waals surface area (Å²) in [4.78, 5) is 15.3. The molecule has 18 heavy (non-hydrogen) atoms. The lowest BCUT2D eigenvalue weighted by molar-refractivity contribution is -0.133. The molecule has 0 unspecified atom stereocenters. The molecule has 0 radical (unpaired) electrons. The van der Waals surface area contributed by atoms with Crippen LogP contribution in [0.3, 0.4) is 0 Å². The molecule has 1 aliphatic rings. The van der Waals surface area contributed by atoms with Crippen LogP contribution in [0.5, 0.6) is 0 Å². The van der Waals surface area contributed by atoms with E-state index in [4.69, 9.17) is 11.6 Å². The monoisotopic (exact) mass is 284 g/mol. The second-order valence-corrected chi connectivity index (χ2v) is 6.16. The number of hydrogen-bond donors (Lipinski definition) is 1. The molecule has 1 aromatic heterocycles. The first-order valence-electron chi connectivity index (χ1n) is 6.08. The predicted molar refractivity (Wildman–Crippen MR) is 76.0 cm³/mol. The number of hydrogen-bond acceptors (Lipinski definition) is 3. The maximum Gasteiger partial charge on any atom is 0.240 e. The van der Waals surface area contributed by atoms with Crippen molar-refractivity contribution in [1.82, 2.24) is 10.2 Å². The molecular formula is C13H17ClN2OS. The van der Waals surface area contributed by atoms with E-state index in [1.807, 2.05) is 17.0 Å². The largest absolute Gasteiger partial charge is 0.332 e. The molecule has 0 aromatic carbocycles. The summed E-state index contributed by atoms with van der Waals surface area (Å²) in [5, 5.41) is 3.24. The van der Waals surface area contributed by atoms with Gasteiger partial charge in [-0.1, -0.05) is 17.7 Å². The molecule has 5 heteroatoms. The van der Waals surface area contributed by atoms with Crippen LogP contribution in [0, 0.1) is 0 Å². The minimum absolute atomic E-state index is 0.0274. The van der Waals surface area contributed by atoms with Crippen molar-refractivity contribution >= 4 is 28.8 Å². The number of carbonyl (C=O) groups is 1. The zero-order valence-electron chi connectivity index (χ0n) is 10.2. The molecule has 0 saturated carbocycles. The van der Waals surface area contributed by atoms with E-state index < -0.39 is 0 Å². The number of amides is 1. The molecule has 0 spiro atoms. The lowest BCUT2D eigenvalue weighted by Crippen LogP contribution is -2.43. The summed E-state index contributed by atoms with van der Waals surface area (Å²) >= 11 is 7.43. The minimum Gasteiger partial charge on any atom is -0.332 e. The van der Waals surface area contributed by atoms with Crippen LogP contribution in [0.1, 0.15) is 17.7 Å². The van der Waals surface area contributed by atoms with Gasteiger partial charge in [-0.05, 0) is 31.5 Å². The lowest BCUT2D eigenvalue weighted by Gasteiger charge is -2.23. The van der Waals surface area contributed by atoms with E-state index in [1.54, 1.807) is 6.08 Å². The number of thiophene rings is 1. The third-order valence-electron chi connectivity index (χ3n) is 3.00. The van der Waals surface area contributed by atoms with Crippen molar-refractivity contribution in [2.45, 2.75) is 25.4 Å². The van der Waals surface area contributed by atoms with Gasteiger partial charge in [0.25, 0.3) is 0 Å². The SMILES string of the molecule is C=CCN(Cc1ccc(Cl)s1)C(=O)[C@H]1CCCN1. The highest BCUT2D eigenvalue weighted by molar-refractivity contribution is 7.16. The van der Waals surface area contributed by atoms with Gasteiger partial charge in [0.15, 0.2) is 0 Å². The third kappa shape index (κ3) is 3.34. The van der Waals surface area contributed by atoms with Gasteiger partial charge in [0, 0.05) is 11.4 Å². The average molecular weight is 285 g/mol. The Morgan fingerprint density at radius 3 is 3.06 bits per heavy atom. The summed E-state index contributed by atoms with van der Waals surface area (Å²) < 4.78 is 0.759. The molecule has 2 rings (SSSR count). The Balaban J connectivity index is 2.02. The van der Waals surface area contributed by atoms with Crippen molar-refractivity contribution in [2.75, 3.05) is 13.1 Å². The van der Waals surface area contributed by atoms with Gasteiger partial charge in [-0.15, -0.1) is 17.9 Å². The maximum absolute atomic E-state index is 12.3. The van der Waals surface area contributed by atoms with Crippen LogP contribution < -0.4 is 5.32 Å². The molecule has 0 bridgehead atoms. The molecule has 98 valence electrons. The van der Waals surface area contributed by atoms with Gasteiger partial charge >= 0.3 is 0 Å². The highest BCUT2D eigenvalue weighted by atomic mass is 35.5. The molecule has 1 saturated heterocycles. The fourth-order valence-electron chi connectivity index (χ4n) is 2.13. The summed E-state index contributed by atoms with van der Waals surface area (Å²) in [6.07, 6.45) is 3.77. The van der Waals surface area contributed by atoms with E-state index in [0.29, 0.717) is 13.1 Å². The summed E-state index contributed by atoms with van der Waals surface area (Å²) in [5.74, 6) is 0.164. The number of carbonyl (C=O) groups excluding carboxylic acids is 1. The molecule has 1 N–H and O–H groups in total. The van der Waals surface area contributed by atoms with Crippen molar-refractivity contribution < 1.29 is 4.79 Å². The summed E-state index contributed by atoms with van der Waals surface area (Å²) in [6, 6.07) is 3.81. The van der Waals surface area contributed by atoms with Gasteiger partial charge in [0.05, 0.1) is 16.9 Å². The topological polar surface area (TPSA) is 32.3 Å². The number of nitrogens with zero attached hydrogens (tertiary/aromatic N) is 1. The second kappa shape index (κ2) is 6.36. The highest BCUT2D eigenvalue weighted by Crippen LogP contribution is 2.23. The van der Waals surface area contributed by atoms with Gasteiger partial charge in [0.2, 0.25) is 5.91 Å². The fraction of sp³-hybridized carbons (Fsp3) is 0.462. The van der Waals surface area contributed by atoms with E-state index >= 15 is 0 Å². The first kappa shape index (κ1) is 13.6. The summed E-state index contributed by atoms with van der Waals surface area (Å²) in [7, 11) is 0. The standard InChI is InChI=1S/C13H17ClN2OS/c1-2-8-16(9-10-5-6-12(14)18-10)13(17)11-4-3-7-15-11/h2,5-6,11,15H,1,3-4,7-9H2/t11-/m1/s1. The Hall–Kier alpha value is -0.840. The zero-order chi connectivity index (χ0) is 13.0. The van der Waals surface area contributed by atoms with Gasteiger partial charge in [0.1, 0.15) is 0 Å². The van der Waals surface area contributed by atoms with Gasteiger partial charge < -0.3 is 10.2 Å². The lowest BCUT2D eigenvalue weighted by atomic mass is 10.2. The summed E-state index contributed by atoms with van der Waals surface area (Å²) in [6.45, 7) is 5.84. The van der Waals surface area contributed by atoms with Gasteiger partial charge in [-0.2, -0.15) is 0 Å². The molecule has 0 aliphatic carbocycles. The highest BCUT2D eigenvalue weighted by Gasteiger charge is 2.26. The molecule has 1 aromatic rings. The van der Waals surface area contributed by atoms with Crippen LogP contribution in [-0.2, 0) is 11.3 Å². The van der Waals surface area contributed by atoms with Crippen molar-refractivity contribution in [3.8, 4) is 0 Å². The van der Waals surface area contributed by atoms with Crippen molar-refractivity contribution in [2.24, 2.45) is 0 Å². The van der Waals surface area contributed by atoms with E-state index in [2.05, 4.69) is 11.9 Å². The molecule has 1 fully saturated rings. The first-order valence-corrected chi connectivity index (χ1v) is 7.27. The Labute approximate surface area is 116 Å². The van der Waals surface area contributed by atoms with E-state index in [0.717, 1.165) is 28.6 Å². The maximum atomic E-state index is 12.3. The fourth-order valence-corrected chi connectivity index (χ4v) is 3.23. The van der Waals surface area contributed by atoms with Gasteiger partial charge in [-0.25, -0.2) is 0 Å². The van der Waals surface area contributed by atoms with Gasteiger partial charge in [-0.3, -0.25) is 4.79 Å². The van der Waals surface area contributed by atoms with E-state index in [-0.39, 0.29) is 11.9 Å². The zero-order valence-corrected chi connectivity index (χ0v) is 11.8. The van der Waals surface area contributed by atoms with Crippen molar-refractivity contribution in [3.63, 3.8) is 0 Å². The minimum atomic E-state index is -0.0274. The number of rotatable bonds is 5. The van der Waals surface area contributed by atoms with Crippen LogP contribution in [0.4, 0.5) is 0 Å². The second-order valence-electron chi connectivity index (χ2n) is 4.36. The molecular weight excluding hydrogens is 268 g/mol. The molecule has 1 amide bonds. The van der Waals surface area contributed by atoms with Crippen LogP contribution in [0.2, 0.25) is 4.34 Å². The molecule has 2 heterocycles. The smallest absolute Gasteiger partial charge is 0.240 e. The van der Waals surface area contributed by atoms with Crippen molar-refractivity contribution in [1.29, 1.82) is 0 Å². The quantitative estimate of drug-likeness (QED) is 0.843. The van der Waals surface area contributed by atoms with E-state index in [1.165, 1.54) is 11.3 Å². The van der Waals surface area contributed by atoms with Crippen molar-refractivity contribution in [3.05, 3.63) is 34.0 Å². The molecule has 1 aliphatic heterocycles. The van der Waals surface area contributed by atoms with E-state index in [9.17, 15) is 4.79 Å².